The molecule has 0 aliphatic carbocycles. The smallest absolute Gasteiger partial charge is 0.265 e. The van der Waals surface area contributed by atoms with Gasteiger partial charge in [-0.3, -0.25) is 9.78 Å². The third kappa shape index (κ3) is 4.66. The highest BCUT2D eigenvalue weighted by molar-refractivity contribution is 5.95. The number of fused-ring (bicyclic) bond motifs is 1. The van der Waals surface area contributed by atoms with Crippen molar-refractivity contribution in [3.05, 3.63) is 102 Å². The highest BCUT2D eigenvalue weighted by Crippen LogP contribution is 2.27. The minimum Gasteiger partial charge on any atom is -0.480 e. The average Bonchev–Trinajstić information content (AvgIpc) is 2.79. The zero-order valence-corrected chi connectivity index (χ0v) is 16.9. The molecule has 1 amide bonds. The summed E-state index contributed by atoms with van der Waals surface area (Å²) in [7, 11) is 0. The lowest BCUT2D eigenvalue weighted by atomic mass is 10.1. The fourth-order valence-corrected chi connectivity index (χ4v) is 3.44. The van der Waals surface area contributed by atoms with Gasteiger partial charge in [-0.25, -0.2) is 0 Å². The molecular weight excluding hydrogens is 372 g/mol. The summed E-state index contributed by atoms with van der Waals surface area (Å²) in [6, 6.07) is 25.8. The maximum atomic E-state index is 12.8. The van der Waals surface area contributed by atoms with Gasteiger partial charge in [0, 0.05) is 23.5 Å². The molecule has 1 atom stereocenters. The molecule has 0 saturated heterocycles. The predicted molar refractivity (Wildman–Crippen MR) is 121 cm³/mol. The first-order valence-electron chi connectivity index (χ1n) is 10.2. The molecule has 4 rings (SSSR count). The van der Waals surface area contributed by atoms with Crippen LogP contribution in [0.1, 0.15) is 24.5 Å². The number of hydrogen-bond acceptors (Lipinski definition) is 3. The normalized spacial score (nSPS) is 11.8. The van der Waals surface area contributed by atoms with Gasteiger partial charge < -0.3 is 10.1 Å². The maximum Gasteiger partial charge on any atom is 0.265 e. The van der Waals surface area contributed by atoms with Gasteiger partial charge in [0.25, 0.3) is 5.91 Å². The fourth-order valence-electron chi connectivity index (χ4n) is 3.44. The quantitative estimate of drug-likeness (QED) is 0.441. The minimum absolute atomic E-state index is 0.146. The molecule has 4 nitrogen and oxygen atoms in total. The summed E-state index contributed by atoms with van der Waals surface area (Å²) in [5.74, 6) is 0.579. The van der Waals surface area contributed by atoms with Gasteiger partial charge >= 0.3 is 0 Å². The largest absolute Gasteiger partial charge is 0.480 e. The van der Waals surface area contributed by atoms with E-state index in [1.54, 1.807) is 12.4 Å². The molecular formula is C26H24N2O2. The van der Waals surface area contributed by atoms with Crippen molar-refractivity contribution in [2.45, 2.75) is 25.9 Å². The van der Waals surface area contributed by atoms with Crippen molar-refractivity contribution in [1.82, 2.24) is 4.98 Å². The molecule has 1 aromatic heterocycles. The lowest BCUT2D eigenvalue weighted by Crippen LogP contribution is -2.32. The number of carbonyl (C=O) groups excluding carboxylic acids is 1. The molecule has 0 spiro atoms. The van der Waals surface area contributed by atoms with Crippen LogP contribution in [0.15, 0.2) is 91.3 Å². The van der Waals surface area contributed by atoms with Crippen molar-refractivity contribution < 1.29 is 9.53 Å². The number of nitrogens with one attached hydrogen (secondary N) is 1. The van der Waals surface area contributed by atoms with E-state index in [4.69, 9.17) is 4.74 Å². The van der Waals surface area contributed by atoms with Crippen LogP contribution in [0.2, 0.25) is 0 Å². The zero-order valence-electron chi connectivity index (χ0n) is 16.9. The van der Waals surface area contributed by atoms with Crippen LogP contribution in [0.25, 0.3) is 10.8 Å². The van der Waals surface area contributed by atoms with Crippen molar-refractivity contribution in [3.63, 3.8) is 0 Å². The standard InChI is InChI=1S/C26H24N2O2/c1-2-24(30-25-9-5-7-21-6-3-4-8-23(21)25)26(29)28-22-12-10-19(11-13-22)18-20-14-16-27-17-15-20/h3-17,24H,2,18H2,1H3,(H,28,29)/t24-/m0/s1. The Morgan fingerprint density at radius 2 is 1.60 bits per heavy atom. The number of benzene rings is 3. The fraction of sp³-hybridized carbons (Fsp3) is 0.154. The van der Waals surface area contributed by atoms with Gasteiger partial charge in [0.2, 0.25) is 0 Å². The zero-order chi connectivity index (χ0) is 20.8. The third-order valence-electron chi connectivity index (χ3n) is 5.06. The molecule has 0 bridgehead atoms. The van der Waals surface area contributed by atoms with Crippen LogP contribution in [0, 0.1) is 0 Å². The van der Waals surface area contributed by atoms with Crippen molar-refractivity contribution in [1.29, 1.82) is 0 Å². The van der Waals surface area contributed by atoms with Gasteiger partial charge in [0.05, 0.1) is 0 Å². The molecule has 30 heavy (non-hydrogen) atoms. The molecule has 4 aromatic rings. The van der Waals surface area contributed by atoms with E-state index < -0.39 is 6.10 Å². The second-order valence-electron chi connectivity index (χ2n) is 7.21. The number of hydrogen-bond donors (Lipinski definition) is 1. The summed E-state index contributed by atoms with van der Waals surface area (Å²) in [6.45, 7) is 1.95. The molecule has 0 radical (unpaired) electrons. The van der Waals surface area contributed by atoms with Crippen LogP contribution >= 0.6 is 0 Å². The highest BCUT2D eigenvalue weighted by atomic mass is 16.5. The Morgan fingerprint density at radius 3 is 2.37 bits per heavy atom. The van der Waals surface area contributed by atoms with Gasteiger partial charge in [-0.15, -0.1) is 0 Å². The number of amides is 1. The molecule has 1 N–H and O–H groups in total. The van der Waals surface area contributed by atoms with Gasteiger partial charge in [-0.05, 0) is 59.7 Å². The van der Waals surface area contributed by atoms with Gasteiger partial charge in [0.1, 0.15) is 5.75 Å². The van der Waals surface area contributed by atoms with Crippen molar-refractivity contribution in [2.24, 2.45) is 0 Å². The van der Waals surface area contributed by atoms with Gasteiger partial charge in [-0.2, -0.15) is 0 Å². The molecule has 150 valence electrons. The van der Waals surface area contributed by atoms with E-state index in [1.165, 1.54) is 11.1 Å². The first-order chi connectivity index (χ1) is 14.7. The van der Waals surface area contributed by atoms with Crippen LogP contribution in [0.4, 0.5) is 5.69 Å². The number of aromatic nitrogens is 1. The number of carbonyl (C=O) groups is 1. The van der Waals surface area contributed by atoms with E-state index in [9.17, 15) is 4.79 Å². The number of pyridine rings is 1. The SMILES string of the molecule is CC[C@H](Oc1cccc2ccccc12)C(=O)Nc1ccc(Cc2ccncc2)cc1. The summed E-state index contributed by atoms with van der Waals surface area (Å²) in [5.41, 5.74) is 3.15. The maximum absolute atomic E-state index is 12.8. The van der Waals surface area contributed by atoms with Crippen molar-refractivity contribution in [3.8, 4) is 5.75 Å². The highest BCUT2D eigenvalue weighted by Gasteiger charge is 2.19. The van der Waals surface area contributed by atoms with E-state index in [0.717, 1.165) is 28.6 Å². The first kappa shape index (κ1) is 19.6. The lowest BCUT2D eigenvalue weighted by molar-refractivity contribution is -0.122. The number of rotatable bonds is 7. The number of ether oxygens (including phenoxy) is 1. The molecule has 1 heterocycles. The minimum atomic E-state index is -0.563. The van der Waals surface area contributed by atoms with E-state index in [-0.39, 0.29) is 5.91 Å². The first-order valence-corrected chi connectivity index (χ1v) is 10.2. The monoisotopic (exact) mass is 396 g/mol. The molecule has 0 aliphatic heterocycles. The van der Waals surface area contributed by atoms with Crippen molar-refractivity contribution >= 4 is 22.4 Å². The summed E-state index contributed by atoms with van der Waals surface area (Å²) in [6.07, 6.45) is 4.44. The second kappa shape index (κ2) is 9.23. The van der Waals surface area contributed by atoms with E-state index >= 15 is 0 Å². The molecule has 0 fully saturated rings. The number of nitrogens with zero attached hydrogens (tertiary/aromatic N) is 1. The Kier molecular flexibility index (Phi) is 6.04. The summed E-state index contributed by atoms with van der Waals surface area (Å²) >= 11 is 0. The van der Waals surface area contributed by atoms with Crippen molar-refractivity contribution in [2.75, 3.05) is 5.32 Å². The average molecular weight is 396 g/mol. The Balaban J connectivity index is 1.43. The summed E-state index contributed by atoms with van der Waals surface area (Å²) in [5, 5.41) is 5.08. The molecule has 0 saturated carbocycles. The molecule has 4 heteroatoms. The Labute approximate surface area is 176 Å². The summed E-state index contributed by atoms with van der Waals surface area (Å²) in [4.78, 5) is 16.9. The lowest BCUT2D eigenvalue weighted by Gasteiger charge is -2.18. The van der Waals surface area contributed by atoms with E-state index in [0.29, 0.717) is 6.42 Å². The van der Waals surface area contributed by atoms with Gasteiger partial charge in [0.15, 0.2) is 6.10 Å². The second-order valence-corrected chi connectivity index (χ2v) is 7.21. The number of anilines is 1. The Bertz CT molecular complexity index is 1120. The Hall–Kier alpha value is -3.66. The van der Waals surface area contributed by atoms with Crippen LogP contribution in [-0.4, -0.2) is 17.0 Å². The van der Waals surface area contributed by atoms with Crippen LogP contribution in [0.5, 0.6) is 5.75 Å². The third-order valence-corrected chi connectivity index (χ3v) is 5.06. The molecule has 0 aliphatic rings. The van der Waals surface area contributed by atoms with E-state index in [1.807, 2.05) is 85.8 Å². The van der Waals surface area contributed by atoms with Crippen LogP contribution in [-0.2, 0) is 11.2 Å². The van der Waals surface area contributed by atoms with Gasteiger partial charge in [-0.1, -0.05) is 55.5 Å². The van der Waals surface area contributed by atoms with Crippen LogP contribution < -0.4 is 10.1 Å². The predicted octanol–water partition coefficient (Wildman–Crippen LogP) is 5.62. The van der Waals surface area contributed by atoms with E-state index in [2.05, 4.69) is 10.3 Å². The molecule has 3 aromatic carbocycles. The molecule has 0 unspecified atom stereocenters. The summed E-state index contributed by atoms with van der Waals surface area (Å²) < 4.78 is 6.10. The Morgan fingerprint density at radius 1 is 0.900 bits per heavy atom. The topological polar surface area (TPSA) is 51.2 Å². The van der Waals surface area contributed by atoms with Crippen LogP contribution in [0.3, 0.4) is 0 Å².